The average Bonchev–Trinajstić information content (AvgIpc) is 3.11. The molecule has 1 aromatic heterocycles. The molecule has 1 aliphatic rings. The van der Waals surface area contributed by atoms with E-state index in [1.54, 1.807) is 6.33 Å². The molecular weight excluding hydrogens is 234 g/mol. The second-order valence-electron chi connectivity index (χ2n) is 4.33. The van der Waals surface area contributed by atoms with Gasteiger partial charge in [-0.15, -0.1) is 0 Å². The normalized spacial score (nSPS) is 16.6. The summed E-state index contributed by atoms with van der Waals surface area (Å²) < 4.78 is 5.89. The van der Waals surface area contributed by atoms with E-state index in [1.807, 2.05) is 25.6 Å². The summed E-state index contributed by atoms with van der Waals surface area (Å²) in [6, 6.07) is 0. The molecule has 94 valence electrons. The van der Waals surface area contributed by atoms with Crippen molar-refractivity contribution in [2.75, 3.05) is 24.7 Å². The third kappa shape index (κ3) is 2.83. The van der Waals surface area contributed by atoms with E-state index in [0.29, 0.717) is 17.2 Å². The highest BCUT2D eigenvalue weighted by atomic mass is 32.2. The SMILES string of the molecule is CCOc1ncnc(NCC2(SC)CC2)c1C. The van der Waals surface area contributed by atoms with Crippen molar-refractivity contribution in [3.05, 3.63) is 11.9 Å². The fraction of sp³-hybridized carbons (Fsp3) is 0.667. The van der Waals surface area contributed by atoms with E-state index in [0.717, 1.165) is 17.9 Å². The predicted molar refractivity (Wildman–Crippen MR) is 71.9 cm³/mol. The lowest BCUT2D eigenvalue weighted by atomic mass is 10.3. The molecule has 0 saturated heterocycles. The van der Waals surface area contributed by atoms with Crippen molar-refractivity contribution < 1.29 is 4.74 Å². The van der Waals surface area contributed by atoms with Gasteiger partial charge in [0.05, 0.1) is 12.2 Å². The standard InChI is InChI=1S/C12H19N3OS/c1-4-16-11-9(2)10(14-8-15-11)13-7-12(17-3)5-6-12/h8H,4-7H2,1-3H3,(H,13,14,15). The molecule has 5 heteroatoms. The zero-order chi connectivity index (χ0) is 12.3. The summed E-state index contributed by atoms with van der Waals surface area (Å²) in [5.74, 6) is 1.57. The largest absolute Gasteiger partial charge is 0.478 e. The van der Waals surface area contributed by atoms with E-state index in [2.05, 4.69) is 21.5 Å². The van der Waals surface area contributed by atoms with Crippen LogP contribution in [0, 0.1) is 6.92 Å². The second kappa shape index (κ2) is 5.12. The Hall–Kier alpha value is -0.970. The molecule has 0 atom stereocenters. The number of nitrogens with zero attached hydrogens (tertiary/aromatic N) is 2. The molecule has 0 radical (unpaired) electrons. The van der Waals surface area contributed by atoms with E-state index in [4.69, 9.17) is 4.74 Å². The van der Waals surface area contributed by atoms with E-state index in [9.17, 15) is 0 Å². The van der Waals surface area contributed by atoms with Gasteiger partial charge in [-0.2, -0.15) is 11.8 Å². The molecule has 0 amide bonds. The van der Waals surface area contributed by atoms with Crippen LogP contribution in [0.15, 0.2) is 6.33 Å². The molecule has 4 nitrogen and oxygen atoms in total. The second-order valence-corrected chi connectivity index (χ2v) is 5.60. The summed E-state index contributed by atoms with van der Waals surface area (Å²) in [6.07, 6.45) is 6.32. The third-order valence-corrected chi connectivity index (χ3v) is 4.56. The molecule has 0 unspecified atom stereocenters. The smallest absolute Gasteiger partial charge is 0.221 e. The number of ether oxygens (including phenoxy) is 1. The molecule has 1 fully saturated rings. The highest BCUT2D eigenvalue weighted by molar-refractivity contribution is 8.00. The topological polar surface area (TPSA) is 47.0 Å². The van der Waals surface area contributed by atoms with E-state index in [-0.39, 0.29) is 0 Å². The van der Waals surface area contributed by atoms with Crippen molar-refractivity contribution in [3.8, 4) is 5.88 Å². The van der Waals surface area contributed by atoms with E-state index >= 15 is 0 Å². The molecule has 0 aliphatic heterocycles. The van der Waals surface area contributed by atoms with Crippen molar-refractivity contribution in [2.24, 2.45) is 0 Å². The number of hydrogen-bond donors (Lipinski definition) is 1. The van der Waals surface area contributed by atoms with Crippen LogP contribution in [0.25, 0.3) is 0 Å². The molecule has 0 spiro atoms. The first-order chi connectivity index (χ1) is 8.21. The fourth-order valence-corrected chi connectivity index (χ4v) is 2.46. The van der Waals surface area contributed by atoms with Crippen LogP contribution in [0.5, 0.6) is 5.88 Å². The molecule has 0 aromatic carbocycles. The fourth-order valence-electron chi connectivity index (χ4n) is 1.73. The lowest BCUT2D eigenvalue weighted by Crippen LogP contribution is -2.19. The summed E-state index contributed by atoms with van der Waals surface area (Å²) in [6.45, 7) is 5.55. The predicted octanol–water partition coefficient (Wildman–Crippen LogP) is 2.49. The lowest BCUT2D eigenvalue weighted by Gasteiger charge is -2.15. The van der Waals surface area contributed by atoms with Crippen LogP contribution in [-0.2, 0) is 0 Å². The van der Waals surface area contributed by atoms with Gasteiger partial charge >= 0.3 is 0 Å². The Morgan fingerprint density at radius 3 is 2.82 bits per heavy atom. The minimum Gasteiger partial charge on any atom is -0.478 e. The maximum absolute atomic E-state index is 5.45. The molecule has 17 heavy (non-hydrogen) atoms. The van der Waals surface area contributed by atoms with Crippen molar-refractivity contribution in [3.63, 3.8) is 0 Å². The molecule has 2 rings (SSSR count). The third-order valence-electron chi connectivity index (χ3n) is 3.14. The minimum absolute atomic E-state index is 0.434. The van der Waals surface area contributed by atoms with Crippen LogP contribution < -0.4 is 10.1 Å². The van der Waals surface area contributed by atoms with Crippen LogP contribution in [0.3, 0.4) is 0 Å². The van der Waals surface area contributed by atoms with E-state index in [1.165, 1.54) is 12.8 Å². The van der Waals surface area contributed by atoms with E-state index < -0.39 is 0 Å². The summed E-state index contributed by atoms with van der Waals surface area (Å²) in [5, 5.41) is 3.41. The highest BCUT2D eigenvalue weighted by Gasteiger charge is 2.41. The number of thioether (sulfide) groups is 1. The zero-order valence-electron chi connectivity index (χ0n) is 10.6. The number of anilines is 1. The molecule has 0 bridgehead atoms. The first kappa shape index (κ1) is 12.5. The number of nitrogens with one attached hydrogen (secondary N) is 1. The minimum atomic E-state index is 0.434. The Morgan fingerprint density at radius 1 is 1.47 bits per heavy atom. The quantitative estimate of drug-likeness (QED) is 0.844. The van der Waals surface area contributed by atoms with Crippen LogP contribution in [0.2, 0.25) is 0 Å². The Morgan fingerprint density at radius 2 is 2.24 bits per heavy atom. The number of rotatable bonds is 6. The van der Waals surface area contributed by atoms with Gasteiger partial charge in [0, 0.05) is 11.3 Å². The Bertz CT molecular complexity index is 393. The summed E-state index contributed by atoms with van der Waals surface area (Å²) in [4.78, 5) is 8.41. The maximum atomic E-state index is 5.45. The van der Waals surface area contributed by atoms with Gasteiger partial charge in [-0.3, -0.25) is 0 Å². The van der Waals surface area contributed by atoms with Crippen molar-refractivity contribution in [2.45, 2.75) is 31.4 Å². The van der Waals surface area contributed by atoms with Crippen molar-refractivity contribution >= 4 is 17.6 Å². The van der Waals surface area contributed by atoms with Crippen molar-refractivity contribution in [1.82, 2.24) is 9.97 Å². The number of hydrogen-bond acceptors (Lipinski definition) is 5. The Kier molecular flexibility index (Phi) is 3.76. The van der Waals surface area contributed by atoms with Crippen molar-refractivity contribution in [1.29, 1.82) is 0 Å². The van der Waals surface area contributed by atoms with Crippen LogP contribution in [0.1, 0.15) is 25.3 Å². The maximum Gasteiger partial charge on any atom is 0.221 e. The monoisotopic (exact) mass is 253 g/mol. The molecular formula is C12H19N3OS. The number of aromatic nitrogens is 2. The molecule has 1 N–H and O–H groups in total. The summed E-state index contributed by atoms with van der Waals surface area (Å²) in [5.41, 5.74) is 0.992. The van der Waals surface area contributed by atoms with Gasteiger partial charge in [-0.05, 0) is 32.9 Å². The van der Waals surface area contributed by atoms with Gasteiger partial charge in [-0.25, -0.2) is 9.97 Å². The Labute approximate surface area is 107 Å². The van der Waals surface area contributed by atoms with Crippen LogP contribution >= 0.6 is 11.8 Å². The molecule has 1 aromatic rings. The van der Waals surface area contributed by atoms with Gasteiger partial charge in [0.25, 0.3) is 0 Å². The molecule has 1 aliphatic carbocycles. The highest BCUT2D eigenvalue weighted by Crippen LogP contribution is 2.47. The first-order valence-electron chi connectivity index (χ1n) is 5.94. The molecule has 1 saturated carbocycles. The van der Waals surface area contributed by atoms with Gasteiger partial charge < -0.3 is 10.1 Å². The summed E-state index contributed by atoms with van der Waals surface area (Å²) in [7, 11) is 0. The zero-order valence-corrected chi connectivity index (χ0v) is 11.4. The van der Waals surface area contributed by atoms with Gasteiger partial charge in [0.1, 0.15) is 12.1 Å². The average molecular weight is 253 g/mol. The van der Waals surface area contributed by atoms with Crippen LogP contribution in [-0.4, -0.2) is 34.1 Å². The van der Waals surface area contributed by atoms with Gasteiger partial charge in [-0.1, -0.05) is 0 Å². The van der Waals surface area contributed by atoms with Gasteiger partial charge in [0.15, 0.2) is 0 Å². The summed E-state index contributed by atoms with van der Waals surface area (Å²) >= 11 is 1.94. The Balaban J connectivity index is 2.03. The first-order valence-corrected chi connectivity index (χ1v) is 7.16. The molecule has 1 heterocycles. The van der Waals surface area contributed by atoms with Gasteiger partial charge in [0.2, 0.25) is 5.88 Å². The lowest BCUT2D eigenvalue weighted by molar-refractivity contribution is 0.324. The van der Waals surface area contributed by atoms with Crippen LogP contribution in [0.4, 0.5) is 5.82 Å².